The lowest BCUT2D eigenvalue weighted by Crippen LogP contribution is -2.29. The summed E-state index contributed by atoms with van der Waals surface area (Å²) in [5.74, 6) is 0.0373. The first-order valence-corrected chi connectivity index (χ1v) is 6.64. The van der Waals surface area contributed by atoms with Crippen LogP contribution in [-0.2, 0) is 11.3 Å². The van der Waals surface area contributed by atoms with Gasteiger partial charge in [-0.05, 0) is 23.6 Å². The normalized spacial score (nSPS) is 10.9. The SMILES string of the molecule is CCN(CC(=O)O)Cc1ccc(OC)c2ccccc12. The number of carboxylic acid groups (broad SMARTS) is 1. The van der Waals surface area contributed by atoms with Gasteiger partial charge in [0.2, 0.25) is 0 Å². The Kier molecular flexibility index (Phi) is 4.58. The summed E-state index contributed by atoms with van der Waals surface area (Å²) in [6.07, 6.45) is 0. The molecule has 0 fully saturated rings. The summed E-state index contributed by atoms with van der Waals surface area (Å²) in [5, 5.41) is 11.1. The third-order valence-electron chi connectivity index (χ3n) is 3.39. The molecule has 4 nitrogen and oxygen atoms in total. The highest BCUT2D eigenvalue weighted by molar-refractivity contribution is 5.91. The van der Waals surface area contributed by atoms with Crippen LogP contribution in [0.15, 0.2) is 36.4 Å². The van der Waals surface area contributed by atoms with Crippen LogP contribution in [0.3, 0.4) is 0 Å². The van der Waals surface area contributed by atoms with Crippen LogP contribution in [0.5, 0.6) is 5.75 Å². The number of rotatable bonds is 6. The molecule has 0 spiro atoms. The Bertz CT molecular complexity index is 610. The molecule has 0 amide bonds. The number of carbonyl (C=O) groups is 1. The van der Waals surface area contributed by atoms with Crippen LogP contribution in [0, 0.1) is 0 Å². The second-order valence-corrected chi connectivity index (χ2v) is 4.67. The topological polar surface area (TPSA) is 49.8 Å². The first kappa shape index (κ1) is 14.3. The standard InChI is InChI=1S/C16H19NO3/c1-3-17(11-16(18)19)10-12-8-9-15(20-2)14-7-5-4-6-13(12)14/h4-9H,3,10-11H2,1-2H3,(H,18,19). The fraction of sp³-hybridized carbons (Fsp3) is 0.312. The molecule has 1 N–H and O–H groups in total. The fourth-order valence-electron chi connectivity index (χ4n) is 2.36. The highest BCUT2D eigenvalue weighted by Gasteiger charge is 2.11. The molecule has 4 heteroatoms. The summed E-state index contributed by atoms with van der Waals surface area (Å²) in [6, 6.07) is 12.0. The molecule has 0 aliphatic carbocycles. The van der Waals surface area contributed by atoms with E-state index in [1.165, 1.54) is 0 Å². The first-order valence-electron chi connectivity index (χ1n) is 6.64. The molecule has 2 rings (SSSR count). The minimum absolute atomic E-state index is 0.0524. The van der Waals surface area contributed by atoms with Crippen molar-refractivity contribution in [2.24, 2.45) is 0 Å². The van der Waals surface area contributed by atoms with Crippen molar-refractivity contribution in [3.63, 3.8) is 0 Å². The molecule has 2 aromatic rings. The van der Waals surface area contributed by atoms with Crippen LogP contribution < -0.4 is 4.74 Å². The van der Waals surface area contributed by atoms with E-state index in [1.807, 2.05) is 48.2 Å². The zero-order valence-corrected chi connectivity index (χ0v) is 11.8. The molecule has 106 valence electrons. The van der Waals surface area contributed by atoms with Gasteiger partial charge in [-0.3, -0.25) is 9.69 Å². The van der Waals surface area contributed by atoms with Crippen molar-refractivity contribution in [2.45, 2.75) is 13.5 Å². The summed E-state index contributed by atoms with van der Waals surface area (Å²) in [6.45, 7) is 3.34. The zero-order valence-electron chi connectivity index (χ0n) is 11.8. The number of carboxylic acids is 1. The van der Waals surface area contributed by atoms with Crippen molar-refractivity contribution in [2.75, 3.05) is 20.2 Å². The van der Waals surface area contributed by atoms with Crippen molar-refractivity contribution >= 4 is 16.7 Å². The molecule has 0 aliphatic rings. The van der Waals surface area contributed by atoms with Crippen LogP contribution in [0.25, 0.3) is 10.8 Å². The number of ether oxygens (including phenoxy) is 1. The van der Waals surface area contributed by atoms with Gasteiger partial charge in [-0.15, -0.1) is 0 Å². The van der Waals surface area contributed by atoms with Crippen molar-refractivity contribution in [3.8, 4) is 5.75 Å². The van der Waals surface area contributed by atoms with Gasteiger partial charge in [-0.25, -0.2) is 0 Å². The maximum atomic E-state index is 10.9. The molecule has 0 unspecified atom stereocenters. The maximum absolute atomic E-state index is 10.9. The second-order valence-electron chi connectivity index (χ2n) is 4.67. The molecule has 0 heterocycles. The molecular weight excluding hydrogens is 254 g/mol. The largest absolute Gasteiger partial charge is 0.496 e. The van der Waals surface area contributed by atoms with Gasteiger partial charge in [0.05, 0.1) is 13.7 Å². The number of hydrogen-bond donors (Lipinski definition) is 1. The van der Waals surface area contributed by atoms with E-state index in [0.29, 0.717) is 13.1 Å². The van der Waals surface area contributed by atoms with E-state index >= 15 is 0 Å². The van der Waals surface area contributed by atoms with Gasteiger partial charge in [0.1, 0.15) is 5.75 Å². The first-order chi connectivity index (χ1) is 9.65. The number of hydrogen-bond acceptors (Lipinski definition) is 3. The van der Waals surface area contributed by atoms with E-state index < -0.39 is 5.97 Å². The molecule has 20 heavy (non-hydrogen) atoms. The molecule has 0 bridgehead atoms. The van der Waals surface area contributed by atoms with E-state index in [-0.39, 0.29) is 6.54 Å². The van der Waals surface area contributed by atoms with Gasteiger partial charge in [0.15, 0.2) is 0 Å². The highest BCUT2D eigenvalue weighted by atomic mass is 16.5. The predicted octanol–water partition coefficient (Wildman–Crippen LogP) is 2.75. The van der Waals surface area contributed by atoms with Crippen molar-refractivity contribution in [1.82, 2.24) is 4.90 Å². The molecule has 0 saturated carbocycles. The maximum Gasteiger partial charge on any atom is 0.317 e. The van der Waals surface area contributed by atoms with Crippen molar-refractivity contribution < 1.29 is 14.6 Å². The molecular formula is C16H19NO3. The minimum Gasteiger partial charge on any atom is -0.496 e. The molecule has 0 atom stereocenters. The van der Waals surface area contributed by atoms with E-state index in [2.05, 4.69) is 0 Å². The number of likely N-dealkylation sites (N-methyl/N-ethyl adjacent to an activating group) is 1. The number of methoxy groups -OCH3 is 1. The van der Waals surface area contributed by atoms with Crippen LogP contribution in [0.1, 0.15) is 12.5 Å². The average Bonchev–Trinajstić information content (AvgIpc) is 2.46. The van der Waals surface area contributed by atoms with Gasteiger partial charge in [-0.1, -0.05) is 37.3 Å². The van der Waals surface area contributed by atoms with Crippen molar-refractivity contribution in [3.05, 3.63) is 42.0 Å². The van der Waals surface area contributed by atoms with Crippen LogP contribution >= 0.6 is 0 Å². The highest BCUT2D eigenvalue weighted by Crippen LogP contribution is 2.28. The van der Waals surface area contributed by atoms with E-state index in [0.717, 1.165) is 22.1 Å². The Labute approximate surface area is 118 Å². The summed E-state index contributed by atoms with van der Waals surface area (Å²) < 4.78 is 5.37. The Morgan fingerprint density at radius 3 is 2.50 bits per heavy atom. The Morgan fingerprint density at radius 2 is 1.90 bits per heavy atom. The molecule has 2 aromatic carbocycles. The van der Waals surface area contributed by atoms with E-state index in [9.17, 15) is 4.79 Å². The van der Waals surface area contributed by atoms with Crippen molar-refractivity contribution in [1.29, 1.82) is 0 Å². The van der Waals surface area contributed by atoms with Gasteiger partial charge in [0, 0.05) is 11.9 Å². The van der Waals surface area contributed by atoms with Gasteiger partial charge in [0.25, 0.3) is 0 Å². The van der Waals surface area contributed by atoms with Gasteiger partial charge >= 0.3 is 5.97 Å². The lowest BCUT2D eigenvalue weighted by atomic mass is 10.0. The number of aliphatic carboxylic acids is 1. The summed E-state index contributed by atoms with van der Waals surface area (Å²) in [7, 11) is 1.66. The lowest BCUT2D eigenvalue weighted by molar-refractivity contribution is -0.138. The second kappa shape index (κ2) is 6.39. The van der Waals surface area contributed by atoms with Gasteiger partial charge in [-0.2, -0.15) is 0 Å². The number of nitrogens with zero attached hydrogens (tertiary/aromatic N) is 1. The molecule has 0 saturated heterocycles. The average molecular weight is 273 g/mol. The third-order valence-corrected chi connectivity index (χ3v) is 3.39. The lowest BCUT2D eigenvalue weighted by Gasteiger charge is -2.19. The Balaban J connectivity index is 2.37. The van der Waals surface area contributed by atoms with Crippen LogP contribution in [-0.4, -0.2) is 36.2 Å². The predicted molar refractivity (Wildman–Crippen MR) is 79.1 cm³/mol. The Morgan fingerprint density at radius 1 is 1.20 bits per heavy atom. The van der Waals surface area contributed by atoms with E-state index in [4.69, 9.17) is 9.84 Å². The van der Waals surface area contributed by atoms with Crippen LogP contribution in [0.4, 0.5) is 0 Å². The number of benzene rings is 2. The monoisotopic (exact) mass is 273 g/mol. The summed E-state index contributed by atoms with van der Waals surface area (Å²) in [4.78, 5) is 12.8. The van der Waals surface area contributed by atoms with Crippen LogP contribution in [0.2, 0.25) is 0 Å². The number of fused-ring (bicyclic) bond motifs is 1. The molecule has 0 aliphatic heterocycles. The Hall–Kier alpha value is -2.07. The quantitative estimate of drug-likeness (QED) is 0.879. The van der Waals surface area contributed by atoms with Gasteiger partial charge < -0.3 is 9.84 Å². The smallest absolute Gasteiger partial charge is 0.317 e. The fourth-order valence-corrected chi connectivity index (χ4v) is 2.36. The summed E-state index contributed by atoms with van der Waals surface area (Å²) in [5.41, 5.74) is 1.12. The third kappa shape index (κ3) is 3.08. The van der Waals surface area contributed by atoms with E-state index in [1.54, 1.807) is 7.11 Å². The minimum atomic E-state index is -0.801. The zero-order chi connectivity index (χ0) is 14.5. The molecule has 0 radical (unpaired) electrons. The molecule has 0 aromatic heterocycles. The summed E-state index contributed by atoms with van der Waals surface area (Å²) >= 11 is 0.